The van der Waals surface area contributed by atoms with Gasteiger partial charge in [-0.1, -0.05) is 12.1 Å². The summed E-state index contributed by atoms with van der Waals surface area (Å²) in [5, 5.41) is 9.32. The predicted octanol–water partition coefficient (Wildman–Crippen LogP) is 1.69. The molecule has 1 unspecified atom stereocenters. The summed E-state index contributed by atoms with van der Waals surface area (Å²) in [5.41, 5.74) is 1.99. The molecule has 1 aromatic heterocycles. The maximum absolute atomic E-state index is 9.32. The highest BCUT2D eigenvalue weighted by molar-refractivity contribution is 5.30. The van der Waals surface area contributed by atoms with E-state index in [0.717, 1.165) is 18.0 Å². The number of hydrogen-bond donors (Lipinski definition) is 1. The number of aliphatic hydroxyl groups excluding tert-OH is 1. The lowest BCUT2D eigenvalue weighted by Crippen LogP contribution is -2.25. The minimum Gasteiger partial charge on any atom is -0.497 e. The molecule has 0 bridgehead atoms. The van der Waals surface area contributed by atoms with E-state index in [1.165, 1.54) is 5.56 Å². The van der Waals surface area contributed by atoms with E-state index < -0.39 is 0 Å². The fourth-order valence-corrected chi connectivity index (χ4v) is 2.25. The van der Waals surface area contributed by atoms with Crippen molar-refractivity contribution in [2.75, 3.05) is 21.2 Å². The molecule has 2 rings (SSSR count). The zero-order valence-electron chi connectivity index (χ0n) is 12.2. The molecule has 5 nitrogen and oxygen atoms in total. The lowest BCUT2D eigenvalue weighted by Gasteiger charge is -2.26. The Morgan fingerprint density at radius 2 is 2.20 bits per heavy atom. The molecule has 0 fully saturated rings. The molecule has 0 spiro atoms. The van der Waals surface area contributed by atoms with E-state index in [1.54, 1.807) is 19.6 Å². The summed E-state index contributed by atoms with van der Waals surface area (Å²) in [6.45, 7) is 0.730. The number of imidazole rings is 1. The van der Waals surface area contributed by atoms with Crippen LogP contribution >= 0.6 is 0 Å². The number of likely N-dealkylation sites (N-methyl/N-ethyl adjacent to an activating group) is 1. The molecular formula is C15H21N3O2. The van der Waals surface area contributed by atoms with Crippen molar-refractivity contribution in [3.05, 3.63) is 48.0 Å². The van der Waals surface area contributed by atoms with Gasteiger partial charge in [-0.15, -0.1) is 0 Å². The Labute approximate surface area is 119 Å². The molecule has 0 aliphatic heterocycles. The first-order valence-electron chi connectivity index (χ1n) is 6.56. The van der Waals surface area contributed by atoms with Crippen molar-refractivity contribution >= 4 is 0 Å². The summed E-state index contributed by atoms with van der Waals surface area (Å²) in [7, 11) is 5.75. The van der Waals surface area contributed by atoms with Crippen LogP contribution in [0.4, 0.5) is 0 Å². The molecule has 0 amide bonds. The van der Waals surface area contributed by atoms with Crippen LogP contribution < -0.4 is 4.74 Å². The van der Waals surface area contributed by atoms with Gasteiger partial charge in [0.1, 0.15) is 5.75 Å². The minimum absolute atomic E-state index is 0.00173. The number of rotatable bonds is 6. The molecule has 1 atom stereocenters. The van der Waals surface area contributed by atoms with Crippen molar-refractivity contribution < 1.29 is 9.84 Å². The molecule has 5 heteroatoms. The summed E-state index contributed by atoms with van der Waals surface area (Å²) in [5.74, 6) is 0.849. The number of aliphatic hydroxyl groups is 1. The maximum Gasteiger partial charge on any atom is 0.119 e. The van der Waals surface area contributed by atoms with E-state index in [-0.39, 0.29) is 12.6 Å². The van der Waals surface area contributed by atoms with Crippen LogP contribution in [0.5, 0.6) is 5.75 Å². The van der Waals surface area contributed by atoms with E-state index >= 15 is 0 Å². The molecule has 1 N–H and O–H groups in total. The second kappa shape index (κ2) is 6.54. The molecule has 0 saturated carbocycles. The van der Waals surface area contributed by atoms with Gasteiger partial charge in [0, 0.05) is 6.54 Å². The third-order valence-corrected chi connectivity index (χ3v) is 3.43. The number of methoxy groups -OCH3 is 1. The van der Waals surface area contributed by atoms with Crippen LogP contribution in [0.3, 0.4) is 0 Å². The van der Waals surface area contributed by atoms with Gasteiger partial charge in [-0.05, 0) is 31.8 Å². The fraction of sp³-hybridized carbons (Fsp3) is 0.400. The Balaban J connectivity index is 2.27. The molecule has 1 aromatic carbocycles. The van der Waals surface area contributed by atoms with E-state index in [2.05, 4.69) is 16.0 Å². The van der Waals surface area contributed by atoms with Gasteiger partial charge in [0.2, 0.25) is 0 Å². The standard InChI is InChI=1S/C15H21N3O2/c1-17(2)15(9-18-11-16-8-13(18)10-19)12-5-4-6-14(7-12)20-3/h4-8,11,15,19H,9-10H2,1-3H3. The smallest absolute Gasteiger partial charge is 0.119 e. The quantitative estimate of drug-likeness (QED) is 0.871. The van der Waals surface area contributed by atoms with Crippen molar-refractivity contribution in [2.45, 2.75) is 19.2 Å². The summed E-state index contributed by atoms with van der Waals surface area (Å²) in [4.78, 5) is 6.24. The van der Waals surface area contributed by atoms with E-state index in [4.69, 9.17) is 4.74 Å². The molecule has 20 heavy (non-hydrogen) atoms. The average molecular weight is 275 g/mol. The lowest BCUT2D eigenvalue weighted by molar-refractivity contribution is 0.244. The molecular weight excluding hydrogens is 254 g/mol. The van der Waals surface area contributed by atoms with Crippen molar-refractivity contribution in [3.63, 3.8) is 0 Å². The van der Waals surface area contributed by atoms with Gasteiger partial charge in [0.15, 0.2) is 0 Å². The number of aromatic nitrogens is 2. The second-order valence-electron chi connectivity index (χ2n) is 4.95. The Hall–Kier alpha value is -1.85. The number of ether oxygens (including phenoxy) is 1. The maximum atomic E-state index is 9.32. The molecule has 0 radical (unpaired) electrons. The SMILES string of the molecule is COc1cccc(C(Cn2cncc2CO)N(C)C)c1. The van der Waals surface area contributed by atoms with Crippen LogP contribution in [0.2, 0.25) is 0 Å². The molecule has 1 heterocycles. The molecule has 0 aliphatic rings. The summed E-state index contributed by atoms with van der Waals surface area (Å²) in [6, 6.07) is 8.24. The van der Waals surface area contributed by atoms with Crippen molar-refractivity contribution in [1.82, 2.24) is 14.5 Å². The zero-order chi connectivity index (χ0) is 14.5. The van der Waals surface area contributed by atoms with Crippen LogP contribution in [0.15, 0.2) is 36.8 Å². The van der Waals surface area contributed by atoms with Crippen LogP contribution in [0.25, 0.3) is 0 Å². The van der Waals surface area contributed by atoms with Gasteiger partial charge in [0.05, 0.1) is 38.0 Å². The van der Waals surface area contributed by atoms with Crippen LogP contribution in [0.1, 0.15) is 17.3 Å². The lowest BCUT2D eigenvalue weighted by atomic mass is 10.1. The summed E-state index contributed by atoms with van der Waals surface area (Å²) in [6.07, 6.45) is 3.44. The largest absolute Gasteiger partial charge is 0.497 e. The highest BCUT2D eigenvalue weighted by atomic mass is 16.5. The summed E-state index contributed by atoms with van der Waals surface area (Å²) < 4.78 is 7.26. The molecule has 108 valence electrons. The highest BCUT2D eigenvalue weighted by Crippen LogP contribution is 2.24. The van der Waals surface area contributed by atoms with E-state index in [9.17, 15) is 5.11 Å². The van der Waals surface area contributed by atoms with Crippen molar-refractivity contribution in [2.24, 2.45) is 0 Å². The third-order valence-electron chi connectivity index (χ3n) is 3.43. The van der Waals surface area contributed by atoms with Gasteiger partial charge in [-0.25, -0.2) is 4.98 Å². The van der Waals surface area contributed by atoms with Gasteiger partial charge in [-0.2, -0.15) is 0 Å². The van der Waals surface area contributed by atoms with Crippen molar-refractivity contribution in [1.29, 1.82) is 0 Å². The molecule has 0 saturated heterocycles. The van der Waals surface area contributed by atoms with E-state index in [1.807, 2.05) is 36.9 Å². The van der Waals surface area contributed by atoms with Gasteiger partial charge in [-0.3, -0.25) is 0 Å². The first kappa shape index (κ1) is 14.6. The Morgan fingerprint density at radius 1 is 1.40 bits per heavy atom. The van der Waals surface area contributed by atoms with Crippen LogP contribution in [0, 0.1) is 0 Å². The number of hydrogen-bond acceptors (Lipinski definition) is 4. The average Bonchev–Trinajstić information content (AvgIpc) is 2.91. The Morgan fingerprint density at radius 3 is 2.85 bits per heavy atom. The minimum atomic E-state index is -0.00173. The molecule has 2 aromatic rings. The topological polar surface area (TPSA) is 50.5 Å². The third kappa shape index (κ3) is 3.18. The highest BCUT2D eigenvalue weighted by Gasteiger charge is 2.16. The number of nitrogens with zero attached hydrogens (tertiary/aromatic N) is 3. The van der Waals surface area contributed by atoms with Gasteiger partial charge < -0.3 is 19.3 Å². The zero-order valence-corrected chi connectivity index (χ0v) is 12.2. The first-order valence-corrected chi connectivity index (χ1v) is 6.56. The normalized spacial score (nSPS) is 12.7. The number of benzene rings is 1. The monoisotopic (exact) mass is 275 g/mol. The first-order chi connectivity index (χ1) is 9.65. The fourth-order valence-electron chi connectivity index (χ4n) is 2.25. The summed E-state index contributed by atoms with van der Waals surface area (Å²) >= 11 is 0. The van der Waals surface area contributed by atoms with Gasteiger partial charge >= 0.3 is 0 Å². The van der Waals surface area contributed by atoms with Crippen LogP contribution in [-0.4, -0.2) is 40.8 Å². The Bertz CT molecular complexity index is 552. The van der Waals surface area contributed by atoms with Crippen molar-refractivity contribution in [3.8, 4) is 5.75 Å². The Kier molecular flexibility index (Phi) is 4.76. The molecule has 0 aliphatic carbocycles. The van der Waals surface area contributed by atoms with E-state index in [0.29, 0.717) is 0 Å². The van der Waals surface area contributed by atoms with Gasteiger partial charge in [0.25, 0.3) is 0 Å². The second-order valence-corrected chi connectivity index (χ2v) is 4.95. The predicted molar refractivity (Wildman–Crippen MR) is 77.6 cm³/mol. The van der Waals surface area contributed by atoms with Crippen LogP contribution in [-0.2, 0) is 13.2 Å².